The summed E-state index contributed by atoms with van der Waals surface area (Å²) in [5.41, 5.74) is 2.56. The molecular formula is C18H31ClN2. The summed E-state index contributed by atoms with van der Waals surface area (Å²) in [6, 6.07) is 7.17. The van der Waals surface area contributed by atoms with E-state index >= 15 is 0 Å². The third-order valence-corrected chi connectivity index (χ3v) is 4.69. The zero-order chi connectivity index (χ0) is 16.2. The molecule has 0 amide bonds. The third kappa shape index (κ3) is 4.89. The van der Waals surface area contributed by atoms with Crippen molar-refractivity contribution in [3.63, 3.8) is 0 Å². The second-order valence-electron chi connectivity index (χ2n) is 7.04. The molecule has 0 radical (unpaired) electrons. The molecular weight excluding hydrogens is 280 g/mol. The molecule has 120 valence electrons. The quantitative estimate of drug-likeness (QED) is 0.770. The molecule has 0 aliphatic rings. The average Bonchev–Trinajstić information content (AvgIpc) is 2.42. The SMILES string of the molecule is CCCNC(C)c1ccc(N(C)C(C)C(C)(C)C)c(Cl)c1. The van der Waals surface area contributed by atoms with E-state index in [1.165, 1.54) is 5.56 Å². The summed E-state index contributed by atoms with van der Waals surface area (Å²) in [4.78, 5) is 2.27. The highest BCUT2D eigenvalue weighted by Gasteiger charge is 2.25. The molecule has 0 saturated carbocycles. The molecule has 0 fully saturated rings. The van der Waals surface area contributed by atoms with Gasteiger partial charge in [-0.1, -0.05) is 45.4 Å². The van der Waals surface area contributed by atoms with Gasteiger partial charge in [-0.05, 0) is 49.9 Å². The van der Waals surface area contributed by atoms with Crippen molar-refractivity contribution in [2.75, 3.05) is 18.5 Å². The number of hydrogen-bond acceptors (Lipinski definition) is 2. The maximum absolute atomic E-state index is 6.53. The van der Waals surface area contributed by atoms with Gasteiger partial charge in [-0.2, -0.15) is 0 Å². The molecule has 2 nitrogen and oxygen atoms in total. The second-order valence-corrected chi connectivity index (χ2v) is 7.45. The largest absolute Gasteiger partial charge is 0.370 e. The summed E-state index contributed by atoms with van der Waals surface area (Å²) in [5.74, 6) is 0. The Morgan fingerprint density at radius 2 is 1.86 bits per heavy atom. The molecule has 0 saturated heterocycles. The first-order chi connectivity index (χ1) is 9.68. The van der Waals surface area contributed by atoms with Crippen molar-refractivity contribution in [1.82, 2.24) is 5.32 Å². The number of benzene rings is 1. The van der Waals surface area contributed by atoms with Crippen LogP contribution in [0.4, 0.5) is 5.69 Å². The van der Waals surface area contributed by atoms with E-state index < -0.39 is 0 Å². The van der Waals surface area contributed by atoms with Gasteiger partial charge in [0.15, 0.2) is 0 Å². The highest BCUT2D eigenvalue weighted by atomic mass is 35.5. The predicted molar refractivity (Wildman–Crippen MR) is 95.5 cm³/mol. The summed E-state index contributed by atoms with van der Waals surface area (Å²) in [7, 11) is 2.12. The first-order valence-corrected chi connectivity index (χ1v) is 8.32. The maximum Gasteiger partial charge on any atom is 0.0642 e. The van der Waals surface area contributed by atoms with Crippen molar-refractivity contribution in [2.24, 2.45) is 5.41 Å². The van der Waals surface area contributed by atoms with Gasteiger partial charge in [0.25, 0.3) is 0 Å². The van der Waals surface area contributed by atoms with Crippen molar-refractivity contribution < 1.29 is 0 Å². The highest BCUT2D eigenvalue weighted by molar-refractivity contribution is 6.33. The van der Waals surface area contributed by atoms with Gasteiger partial charge in [-0.3, -0.25) is 0 Å². The Kier molecular flexibility index (Phi) is 6.55. The number of anilines is 1. The summed E-state index contributed by atoms with van der Waals surface area (Å²) in [5, 5.41) is 4.33. The zero-order valence-electron chi connectivity index (χ0n) is 14.6. The molecule has 0 heterocycles. The van der Waals surface area contributed by atoms with Gasteiger partial charge in [0.05, 0.1) is 10.7 Å². The third-order valence-electron chi connectivity index (χ3n) is 4.39. The molecule has 1 aromatic rings. The normalized spacial score (nSPS) is 14.9. The first-order valence-electron chi connectivity index (χ1n) is 7.94. The van der Waals surface area contributed by atoms with Crippen molar-refractivity contribution in [1.29, 1.82) is 0 Å². The number of hydrogen-bond donors (Lipinski definition) is 1. The Labute approximate surface area is 135 Å². The van der Waals surface area contributed by atoms with Gasteiger partial charge in [0.2, 0.25) is 0 Å². The van der Waals surface area contributed by atoms with Gasteiger partial charge in [-0.15, -0.1) is 0 Å². The van der Waals surface area contributed by atoms with Crippen LogP contribution in [0.5, 0.6) is 0 Å². The van der Waals surface area contributed by atoms with E-state index in [1.807, 2.05) is 0 Å². The maximum atomic E-state index is 6.53. The van der Waals surface area contributed by atoms with Gasteiger partial charge in [-0.25, -0.2) is 0 Å². The first kappa shape index (κ1) is 18.3. The van der Waals surface area contributed by atoms with Crippen LogP contribution in [0, 0.1) is 5.41 Å². The Hall–Kier alpha value is -0.730. The molecule has 0 bridgehead atoms. The number of halogens is 1. The van der Waals surface area contributed by atoms with E-state index in [0.29, 0.717) is 12.1 Å². The lowest BCUT2D eigenvalue weighted by molar-refractivity contribution is 0.330. The second kappa shape index (κ2) is 7.51. The predicted octanol–water partition coefficient (Wildman–Crippen LogP) is 5.27. The zero-order valence-corrected chi connectivity index (χ0v) is 15.4. The summed E-state index contributed by atoms with van der Waals surface area (Å²) in [6.45, 7) is 14.4. The molecule has 1 N–H and O–H groups in total. The van der Waals surface area contributed by atoms with Crippen LogP contribution in [-0.4, -0.2) is 19.6 Å². The molecule has 1 rings (SSSR count). The number of rotatable bonds is 6. The van der Waals surface area contributed by atoms with Gasteiger partial charge in [0.1, 0.15) is 0 Å². The van der Waals surface area contributed by atoms with Crippen LogP contribution in [0.3, 0.4) is 0 Å². The molecule has 0 spiro atoms. The fourth-order valence-electron chi connectivity index (χ4n) is 2.35. The van der Waals surface area contributed by atoms with Crippen molar-refractivity contribution in [2.45, 2.75) is 60.0 Å². The summed E-state index contributed by atoms with van der Waals surface area (Å²) >= 11 is 6.53. The Bertz CT molecular complexity index is 451. The lowest BCUT2D eigenvalue weighted by atomic mass is 9.87. The lowest BCUT2D eigenvalue weighted by Gasteiger charge is -2.37. The summed E-state index contributed by atoms with van der Waals surface area (Å²) < 4.78 is 0. The molecule has 0 aliphatic heterocycles. The van der Waals surface area contributed by atoms with E-state index in [1.54, 1.807) is 0 Å². The molecule has 2 atom stereocenters. The van der Waals surface area contributed by atoms with Crippen molar-refractivity contribution >= 4 is 17.3 Å². The Balaban J connectivity index is 2.92. The van der Waals surface area contributed by atoms with E-state index in [4.69, 9.17) is 11.6 Å². The topological polar surface area (TPSA) is 15.3 Å². The van der Waals surface area contributed by atoms with Crippen molar-refractivity contribution in [3.8, 4) is 0 Å². The lowest BCUT2D eigenvalue weighted by Crippen LogP contribution is -2.39. The van der Waals surface area contributed by atoms with E-state index in [0.717, 1.165) is 23.7 Å². The molecule has 3 heteroatoms. The monoisotopic (exact) mass is 310 g/mol. The van der Waals surface area contributed by atoms with Crippen LogP contribution in [0.15, 0.2) is 18.2 Å². The Morgan fingerprint density at radius 1 is 1.24 bits per heavy atom. The van der Waals surface area contributed by atoms with Crippen LogP contribution in [0.1, 0.15) is 59.6 Å². The van der Waals surface area contributed by atoms with Crippen LogP contribution >= 0.6 is 11.6 Å². The minimum atomic E-state index is 0.215. The van der Waals surface area contributed by atoms with E-state index in [2.05, 4.69) is 77.0 Å². The number of nitrogens with one attached hydrogen (secondary N) is 1. The average molecular weight is 311 g/mol. The molecule has 21 heavy (non-hydrogen) atoms. The fourth-order valence-corrected chi connectivity index (χ4v) is 2.67. The Morgan fingerprint density at radius 3 is 2.33 bits per heavy atom. The molecule has 0 aliphatic carbocycles. The van der Waals surface area contributed by atoms with Gasteiger partial charge >= 0.3 is 0 Å². The van der Waals surface area contributed by atoms with Crippen LogP contribution in [0.25, 0.3) is 0 Å². The molecule has 0 aromatic heterocycles. The van der Waals surface area contributed by atoms with E-state index in [-0.39, 0.29) is 5.41 Å². The smallest absolute Gasteiger partial charge is 0.0642 e. The number of nitrogens with zero attached hydrogens (tertiary/aromatic N) is 1. The van der Waals surface area contributed by atoms with Gasteiger partial charge in [0, 0.05) is 19.1 Å². The standard InChI is InChI=1S/C18H31ClN2/c1-8-11-20-13(2)15-9-10-17(16(19)12-15)21(7)14(3)18(4,5)6/h9-10,12-14,20H,8,11H2,1-7H3. The highest BCUT2D eigenvalue weighted by Crippen LogP contribution is 2.33. The molecule has 2 unspecified atom stereocenters. The molecule has 1 aromatic carbocycles. The van der Waals surface area contributed by atoms with Gasteiger partial charge < -0.3 is 10.2 Å². The minimum Gasteiger partial charge on any atom is -0.370 e. The fraction of sp³-hybridized carbons (Fsp3) is 0.667. The van der Waals surface area contributed by atoms with Crippen LogP contribution < -0.4 is 10.2 Å². The summed E-state index contributed by atoms with van der Waals surface area (Å²) in [6.07, 6.45) is 1.14. The van der Waals surface area contributed by atoms with Crippen molar-refractivity contribution in [3.05, 3.63) is 28.8 Å². The van der Waals surface area contributed by atoms with E-state index in [9.17, 15) is 0 Å². The minimum absolute atomic E-state index is 0.215. The van der Waals surface area contributed by atoms with Crippen LogP contribution in [-0.2, 0) is 0 Å². The van der Waals surface area contributed by atoms with Crippen LogP contribution in [0.2, 0.25) is 5.02 Å².